The molecule has 1 aromatic carbocycles. The van der Waals surface area contributed by atoms with E-state index in [1.807, 2.05) is 6.07 Å². The van der Waals surface area contributed by atoms with Crippen molar-refractivity contribution >= 4 is 15.9 Å². The first-order valence-corrected chi connectivity index (χ1v) is 7.91. The van der Waals surface area contributed by atoms with Crippen molar-refractivity contribution in [3.63, 3.8) is 0 Å². The van der Waals surface area contributed by atoms with Gasteiger partial charge in [0.05, 0.1) is 16.7 Å². The average molecular weight is 344 g/mol. The smallest absolute Gasteiger partial charge is 0.133 e. The molecule has 0 saturated carbocycles. The summed E-state index contributed by atoms with van der Waals surface area (Å²) in [5.74, 6) is 1.48. The molecule has 0 unspecified atom stereocenters. The fourth-order valence-electron chi connectivity index (χ4n) is 1.69. The molecule has 2 N–H and O–H groups in total. The lowest BCUT2D eigenvalue weighted by molar-refractivity contribution is 0.0552. The van der Waals surface area contributed by atoms with E-state index in [-0.39, 0.29) is 0 Å². The van der Waals surface area contributed by atoms with Gasteiger partial charge >= 0.3 is 0 Å². The summed E-state index contributed by atoms with van der Waals surface area (Å²) in [5.41, 5.74) is 0.542. The molecule has 0 radical (unpaired) electrons. The highest BCUT2D eigenvalue weighted by Crippen LogP contribution is 2.26. The third-order valence-corrected chi connectivity index (χ3v) is 3.47. The van der Waals surface area contributed by atoms with Crippen LogP contribution in [0.4, 0.5) is 0 Å². The molecule has 0 bridgehead atoms. The summed E-state index contributed by atoms with van der Waals surface area (Å²) in [6.45, 7) is 10.4. The van der Waals surface area contributed by atoms with E-state index in [1.165, 1.54) is 5.56 Å². The molecule has 0 aliphatic heterocycles. The van der Waals surface area contributed by atoms with Gasteiger partial charge in [-0.05, 0) is 59.9 Å². The Morgan fingerprint density at radius 1 is 1.35 bits per heavy atom. The van der Waals surface area contributed by atoms with Gasteiger partial charge in [0, 0.05) is 13.0 Å². The summed E-state index contributed by atoms with van der Waals surface area (Å²) in [4.78, 5) is 0. The van der Waals surface area contributed by atoms with Gasteiger partial charge in [-0.2, -0.15) is 0 Å². The van der Waals surface area contributed by atoms with E-state index >= 15 is 0 Å². The Morgan fingerprint density at radius 3 is 2.60 bits per heavy atom. The van der Waals surface area contributed by atoms with Gasteiger partial charge in [-0.25, -0.2) is 0 Å². The summed E-state index contributed by atoms with van der Waals surface area (Å²) in [6, 6.07) is 6.12. The second kappa shape index (κ2) is 8.01. The van der Waals surface area contributed by atoms with E-state index in [0.29, 0.717) is 18.9 Å². The van der Waals surface area contributed by atoms with Crippen LogP contribution in [0.3, 0.4) is 0 Å². The number of rotatable bonds is 8. The normalized spacial score (nSPS) is 11.9. The number of nitrogens with one attached hydrogen (secondary N) is 1. The SMILES string of the molecule is CC(C)CNCc1ccc(OCCC(C)(C)O)c(Br)c1. The monoisotopic (exact) mass is 343 g/mol. The fraction of sp³-hybridized carbons (Fsp3) is 0.625. The van der Waals surface area contributed by atoms with Gasteiger partial charge in [0.1, 0.15) is 5.75 Å². The predicted molar refractivity (Wildman–Crippen MR) is 87.1 cm³/mol. The van der Waals surface area contributed by atoms with Crippen LogP contribution in [-0.2, 0) is 6.54 Å². The highest BCUT2D eigenvalue weighted by atomic mass is 79.9. The average Bonchev–Trinajstić information content (AvgIpc) is 2.30. The Hall–Kier alpha value is -0.580. The van der Waals surface area contributed by atoms with Crippen molar-refractivity contribution in [1.29, 1.82) is 0 Å². The van der Waals surface area contributed by atoms with Crippen LogP contribution >= 0.6 is 15.9 Å². The number of ether oxygens (including phenoxy) is 1. The van der Waals surface area contributed by atoms with Crippen molar-refractivity contribution in [3.05, 3.63) is 28.2 Å². The Morgan fingerprint density at radius 2 is 2.05 bits per heavy atom. The molecule has 0 saturated heterocycles. The molecule has 0 amide bonds. The minimum Gasteiger partial charge on any atom is -0.492 e. The van der Waals surface area contributed by atoms with Crippen molar-refractivity contribution in [3.8, 4) is 5.75 Å². The first-order valence-electron chi connectivity index (χ1n) is 7.12. The van der Waals surface area contributed by atoms with Crippen LogP contribution in [-0.4, -0.2) is 23.9 Å². The highest BCUT2D eigenvalue weighted by molar-refractivity contribution is 9.10. The lowest BCUT2D eigenvalue weighted by atomic mass is 10.1. The number of aliphatic hydroxyl groups is 1. The molecule has 0 atom stereocenters. The summed E-state index contributed by atoms with van der Waals surface area (Å²) < 4.78 is 6.64. The van der Waals surface area contributed by atoms with Crippen LogP contribution in [0.5, 0.6) is 5.75 Å². The molecule has 0 spiro atoms. The molecular formula is C16H26BrNO2. The quantitative estimate of drug-likeness (QED) is 0.755. The van der Waals surface area contributed by atoms with Crippen LogP contribution in [0.2, 0.25) is 0 Å². The van der Waals surface area contributed by atoms with Gasteiger partial charge < -0.3 is 15.2 Å². The van der Waals surface area contributed by atoms with Gasteiger partial charge in [0.25, 0.3) is 0 Å². The summed E-state index contributed by atoms with van der Waals surface area (Å²) in [6.07, 6.45) is 0.608. The van der Waals surface area contributed by atoms with E-state index in [0.717, 1.165) is 23.3 Å². The van der Waals surface area contributed by atoms with Crippen molar-refractivity contribution < 1.29 is 9.84 Å². The molecular weight excluding hydrogens is 318 g/mol. The second-order valence-electron chi connectivity index (χ2n) is 6.20. The lowest BCUT2D eigenvalue weighted by Crippen LogP contribution is -2.22. The van der Waals surface area contributed by atoms with Crippen LogP contribution < -0.4 is 10.1 Å². The van der Waals surface area contributed by atoms with Crippen molar-refractivity contribution in [2.24, 2.45) is 5.92 Å². The van der Waals surface area contributed by atoms with Crippen LogP contribution in [0.15, 0.2) is 22.7 Å². The number of hydrogen-bond donors (Lipinski definition) is 2. The van der Waals surface area contributed by atoms with Crippen molar-refractivity contribution in [1.82, 2.24) is 5.32 Å². The minimum absolute atomic E-state index is 0.507. The third kappa shape index (κ3) is 7.27. The molecule has 1 rings (SSSR count). The molecule has 0 aliphatic carbocycles. The molecule has 0 aromatic heterocycles. The van der Waals surface area contributed by atoms with E-state index in [9.17, 15) is 5.11 Å². The molecule has 114 valence electrons. The van der Waals surface area contributed by atoms with Crippen LogP contribution in [0, 0.1) is 5.92 Å². The number of benzene rings is 1. The molecule has 4 heteroatoms. The first kappa shape index (κ1) is 17.5. The lowest BCUT2D eigenvalue weighted by Gasteiger charge is -2.17. The van der Waals surface area contributed by atoms with Gasteiger partial charge in [0.15, 0.2) is 0 Å². The van der Waals surface area contributed by atoms with Gasteiger partial charge in [0.2, 0.25) is 0 Å². The van der Waals surface area contributed by atoms with E-state index in [1.54, 1.807) is 13.8 Å². The standard InChI is InChI=1S/C16H26BrNO2/c1-12(2)10-18-11-13-5-6-15(14(17)9-13)20-8-7-16(3,4)19/h5-6,9,12,18-19H,7-8,10-11H2,1-4H3. The Labute approximate surface area is 130 Å². The molecule has 1 aromatic rings. The number of halogens is 1. The van der Waals surface area contributed by atoms with Crippen molar-refractivity contribution in [2.45, 2.75) is 46.3 Å². The highest BCUT2D eigenvalue weighted by Gasteiger charge is 2.12. The molecule has 3 nitrogen and oxygen atoms in total. The van der Waals surface area contributed by atoms with E-state index < -0.39 is 5.60 Å². The molecule has 20 heavy (non-hydrogen) atoms. The Balaban J connectivity index is 2.47. The minimum atomic E-state index is -0.687. The first-order chi connectivity index (χ1) is 9.28. The zero-order valence-electron chi connectivity index (χ0n) is 12.9. The van der Waals surface area contributed by atoms with Gasteiger partial charge in [-0.3, -0.25) is 0 Å². The zero-order valence-corrected chi connectivity index (χ0v) is 14.5. The fourth-order valence-corrected chi connectivity index (χ4v) is 2.23. The maximum absolute atomic E-state index is 9.65. The second-order valence-corrected chi connectivity index (χ2v) is 7.05. The largest absolute Gasteiger partial charge is 0.492 e. The predicted octanol–water partition coefficient (Wildman–Crippen LogP) is 3.73. The Kier molecular flexibility index (Phi) is 7.00. The maximum atomic E-state index is 9.65. The molecule has 0 aliphatic rings. The van der Waals surface area contributed by atoms with Crippen molar-refractivity contribution in [2.75, 3.05) is 13.2 Å². The summed E-state index contributed by atoms with van der Waals surface area (Å²) in [5, 5.41) is 13.1. The van der Waals surface area contributed by atoms with Crippen LogP contribution in [0.25, 0.3) is 0 Å². The summed E-state index contributed by atoms with van der Waals surface area (Å²) >= 11 is 3.53. The molecule has 0 fully saturated rings. The number of hydrogen-bond acceptors (Lipinski definition) is 3. The van der Waals surface area contributed by atoms with Crippen LogP contribution in [0.1, 0.15) is 39.7 Å². The molecule has 0 heterocycles. The zero-order chi connectivity index (χ0) is 15.2. The maximum Gasteiger partial charge on any atom is 0.133 e. The van der Waals surface area contributed by atoms with Gasteiger partial charge in [-0.1, -0.05) is 19.9 Å². The summed E-state index contributed by atoms with van der Waals surface area (Å²) in [7, 11) is 0. The topological polar surface area (TPSA) is 41.5 Å². The van der Waals surface area contributed by atoms with E-state index in [4.69, 9.17) is 4.74 Å². The van der Waals surface area contributed by atoms with E-state index in [2.05, 4.69) is 47.2 Å². The van der Waals surface area contributed by atoms with Gasteiger partial charge in [-0.15, -0.1) is 0 Å². The Bertz CT molecular complexity index is 413. The third-order valence-electron chi connectivity index (χ3n) is 2.85.